The monoisotopic (exact) mass is 485 g/mol. The van der Waals surface area contributed by atoms with Gasteiger partial charge in [-0.2, -0.15) is 6.32 Å². The molecule has 0 aromatic heterocycles. The molecule has 1 aliphatic heterocycles. The van der Waals surface area contributed by atoms with Gasteiger partial charge in [0.05, 0.1) is 6.15 Å². The molecule has 3 rings (SSSR count). The molecule has 0 spiro atoms. The van der Waals surface area contributed by atoms with Crippen molar-refractivity contribution in [1.82, 2.24) is 0 Å². The fourth-order valence-corrected chi connectivity index (χ4v) is 5.07. The van der Waals surface area contributed by atoms with Gasteiger partial charge in [0, 0.05) is 6.92 Å². The van der Waals surface area contributed by atoms with Gasteiger partial charge in [0.15, 0.2) is 34.9 Å². The van der Waals surface area contributed by atoms with E-state index in [0.717, 1.165) is 0 Å². The summed E-state index contributed by atoms with van der Waals surface area (Å²) in [7, 11) is 0. The van der Waals surface area contributed by atoms with Crippen molar-refractivity contribution in [1.29, 1.82) is 0 Å². The van der Waals surface area contributed by atoms with Crippen LogP contribution in [0.15, 0.2) is 0 Å². The first kappa shape index (κ1) is 25.1. The zero-order chi connectivity index (χ0) is 25.0. The van der Waals surface area contributed by atoms with Crippen LogP contribution >= 0.6 is 0 Å². The molecule has 0 saturated carbocycles. The highest BCUT2D eigenvalue weighted by Crippen LogP contribution is 2.31. The molecule has 0 saturated heterocycles. The van der Waals surface area contributed by atoms with Crippen LogP contribution in [0.4, 0.5) is 43.9 Å². The van der Waals surface area contributed by atoms with Crippen LogP contribution in [0.1, 0.15) is 27.2 Å². The lowest BCUT2D eigenvalue weighted by Crippen LogP contribution is -2.64. The Hall–Kier alpha value is -2.53. The smallest absolute Gasteiger partial charge is 0.200 e. The zero-order valence-corrected chi connectivity index (χ0v) is 17.7. The predicted molar refractivity (Wildman–Crippen MR) is 103 cm³/mol. The Labute approximate surface area is 182 Å². The standard InChI is InChI=1S/C21H18BF10N/c1-8(2)33-6-4-5-22(7-9(33)3,10-12(23)16(27)20(31)17(28)13(10)24)11-14(25)18(29)21(32)19(30)15(11)26/h8H,4-7H2,1-3H3. The van der Waals surface area contributed by atoms with Gasteiger partial charge in [-0.25, -0.2) is 48.5 Å². The molecule has 2 aromatic carbocycles. The second kappa shape index (κ2) is 8.68. The summed E-state index contributed by atoms with van der Waals surface area (Å²) in [6.07, 6.45) is -5.10. The summed E-state index contributed by atoms with van der Waals surface area (Å²) in [5, 5.41) is 0. The van der Waals surface area contributed by atoms with Crippen molar-refractivity contribution >= 4 is 22.8 Å². The molecular formula is C21H18BF10N. The molecular weight excluding hydrogens is 467 g/mol. The maximum absolute atomic E-state index is 14.9. The molecule has 0 aliphatic carbocycles. The van der Waals surface area contributed by atoms with Crippen molar-refractivity contribution in [3.63, 3.8) is 0 Å². The van der Waals surface area contributed by atoms with E-state index in [1.807, 2.05) is 0 Å². The molecule has 12 heteroatoms. The van der Waals surface area contributed by atoms with Crippen molar-refractivity contribution in [3.8, 4) is 0 Å². The van der Waals surface area contributed by atoms with Gasteiger partial charge in [0.25, 0.3) is 0 Å². The third-order valence-electron chi connectivity index (χ3n) is 6.45. The zero-order valence-electron chi connectivity index (χ0n) is 17.7. The molecule has 0 bridgehead atoms. The molecule has 1 nitrogen and oxygen atoms in total. The lowest BCUT2D eigenvalue weighted by molar-refractivity contribution is -0.558. The average molecular weight is 485 g/mol. The summed E-state index contributed by atoms with van der Waals surface area (Å²) in [5.74, 6) is -24.0. The van der Waals surface area contributed by atoms with Gasteiger partial charge < -0.3 is 0 Å². The van der Waals surface area contributed by atoms with E-state index in [4.69, 9.17) is 0 Å². The SMILES string of the molecule is CC1=[N+](C(C)C)CCC[B-](c2c(F)c(F)c(F)c(F)c2F)(c2c(F)c(F)c(F)c(F)c2F)C1. The van der Waals surface area contributed by atoms with Gasteiger partial charge in [-0.3, -0.25) is 0 Å². The van der Waals surface area contributed by atoms with Gasteiger partial charge in [-0.15, -0.1) is 10.9 Å². The second-order valence-electron chi connectivity index (χ2n) is 8.59. The van der Waals surface area contributed by atoms with Crippen LogP contribution in [0, 0.1) is 58.2 Å². The second-order valence-corrected chi connectivity index (χ2v) is 8.59. The Morgan fingerprint density at radius 2 is 0.939 bits per heavy atom. The van der Waals surface area contributed by atoms with Gasteiger partial charge >= 0.3 is 0 Å². The fourth-order valence-electron chi connectivity index (χ4n) is 5.07. The van der Waals surface area contributed by atoms with Crippen molar-refractivity contribution in [2.45, 2.75) is 45.9 Å². The first-order valence-corrected chi connectivity index (χ1v) is 10.1. The molecule has 0 atom stereocenters. The lowest BCUT2D eigenvalue weighted by Gasteiger charge is -2.40. The molecule has 180 valence electrons. The predicted octanol–water partition coefficient (Wildman–Crippen LogP) is 4.93. The average Bonchev–Trinajstić information content (AvgIpc) is 2.93. The first-order chi connectivity index (χ1) is 15.3. The number of rotatable bonds is 3. The van der Waals surface area contributed by atoms with Crippen molar-refractivity contribution in [2.75, 3.05) is 6.54 Å². The molecule has 33 heavy (non-hydrogen) atoms. The van der Waals surface area contributed by atoms with Gasteiger partial charge in [0.1, 0.15) is 41.6 Å². The summed E-state index contributed by atoms with van der Waals surface area (Å²) in [5.41, 5.74) is -2.94. The van der Waals surface area contributed by atoms with Crippen molar-refractivity contribution in [2.24, 2.45) is 0 Å². The Kier molecular flexibility index (Phi) is 6.60. The van der Waals surface area contributed by atoms with Crippen molar-refractivity contribution < 1.29 is 48.5 Å². The van der Waals surface area contributed by atoms with E-state index in [2.05, 4.69) is 0 Å². The minimum atomic E-state index is -3.71. The van der Waals surface area contributed by atoms with E-state index < -0.39 is 87.9 Å². The highest BCUT2D eigenvalue weighted by molar-refractivity contribution is 7.04. The number of hydrogen-bond donors (Lipinski definition) is 0. The molecule has 1 heterocycles. The topological polar surface area (TPSA) is 3.01 Å². The normalized spacial score (nSPS) is 16.5. The minimum Gasteiger partial charge on any atom is -0.238 e. The summed E-state index contributed by atoms with van der Waals surface area (Å²) in [6.45, 7) is 5.01. The first-order valence-electron chi connectivity index (χ1n) is 10.1. The van der Waals surface area contributed by atoms with Gasteiger partial charge in [-0.1, -0.05) is 6.32 Å². The van der Waals surface area contributed by atoms with E-state index in [1.54, 1.807) is 18.4 Å². The molecule has 0 fully saturated rings. The van der Waals surface area contributed by atoms with E-state index in [1.165, 1.54) is 6.92 Å². The molecule has 0 unspecified atom stereocenters. The van der Waals surface area contributed by atoms with E-state index in [0.29, 0.717) is 0 Å². The molecule has 1 aliphatic rings. The number of benzene rings is 2. The molecule has 0 radical (unpaired) electrons. The quantitative estimate of drug-likeness (QED) is 0.191. The maximum atomic E-state index is 14.9. The van der Waals surface area contributed by atoms with Crippen LogP contribution in [0.25, 0.3) is 0 Å². The summed E-state index contributed by atoms with van der Waals surface area (Å²) in [6, 6.07) is -0.232. The number of nitrogens with zero attached hydrogens (tertiary/aromatic N) is 1. The Balaban J connectivity index is 2.56. The highest BCUT2D eigenvalue weighted by atomic mass is 19.2. The van der Waals surface area contributed by atoms with Crippen LogP contribution in [-0.4, -0.2) is 29.0 Å². The van der Waals surface area contributed by atoms with E-state index in [-0.39, 0.29) is 24.7 Å². The Morgan fingerprint density at radius 3 is 1.27 bits per heavy atom. The molecule has 0 N–H and O–H groups in total. The summed E-state index contributed by atoms with van der Waals surface area (Å²) >= 11 is 0. The van der Waals surface area contributed by atoms with Crippen LogP contribution < -0.4 is 10.9 Å². The molecule has 2 aromatic rings. The largest absolute Gasteiger partial charge is 0.238 e. The van der Waals surface area contributed by atoms with Crippen LogP contribution in [0.3, 0.4) is 0 Å². The van der Waals surface area contributed by atoms with E-state index in [9.17, 15) is 43.9 Å². The van der Waals surface area contributed by atoms with Crippen LogP contribution in [0.2, 0.25) is 12.6 Å². The van der Waals surface area contributed by atoms with Gasteiger partial charge in [0.2, 0.25) is 0 Å². The Morgan fingerprint density at radius 1 is 0.606 bits per heavy atom. The van der Waals surface area contributed by atoms with Crippen molar-refractivity contribution in [3.05, 3.63) is 58.2 Å². The number of halogens is 10. The highest BCUT2D eigenvalue weighted by Gasteiger charge is 2.45. The van der Waals surface area contributed by atoms with Crippen LogP contribution in [0.5, 0.6) is 0 Å². The summed E-state index contributed by atoms with van der Waals surface area (Å²) < 4.78 is 145. The fraction of sp³-hybridized carbons (Fsp3) is 0.381. The Bertz CT molecular complexity index is 1050. The van der Waals surface area contributed by atoms with Gasteiger partial charge in [-0.05, 0) is 20.3 Å². The third kappa shape index (κ3) is 3.71. The summed E-state index contributed by atoms with van der Waals surface area (Å²) in [4.78, 5) is 0. The molecule has 0 amide bonds. The third-order valence-corrected chi connectivity index (χ3v) is 6.45. The minimum absolute atomic E-state index is 0.0888. The maximum Gasteiger partial charge on any atom is 0.200 e. The van der Waals surface area contributed by atoms with E-state index >= 15 is 0 Å². The lowest BCUT2D eigenvalue weighted by atomic mass is 9.14. The number of hydrogen-bond acceptors (Lipinski definition) is 0. The van der Waals surface area contributed by atoms with Crippen LogP contribution in [-0.2, 0) is 0 Å².